The smallest absolute Gasteiger partial charge is 0.205 e. The Kier molecular flexibility index (Phi) is 3.31. The van der Waals surface area contributed by atoms with Gasteiger partial charge in [0.2, 0.25) is 5.78 Å². The molecule has 4 nitrogen and oxygen atoms in total. The highest BCUT2D eigenvalue weighted by Gasteiger charge is 2.25. The Balaban J connectivity index is 2.23. The second-order valence-corrected chi connectivity index (χ2v) is 4.79. The lowest BCUT2D eigenvalue weighted by Crippen LogP contribution is -2.21. The van der Waals surface area contributed by atoms with Gasteiger partial charge < -0.3 is 9.47 Å². The molecule has 1 saturated carbocycles. The molecule has 0 saturated heterocycles. The van der Waals surface area contributed by atoms with Crippen LogP contribution in [0.15, 0.2) is 18.5 Å². The zero-order valence-electron chi connectivity index (χ0n) is 10.7. The van der Waals surface area contributed by atoms with Gasteiger partial charge in [0.15, 0.2) is 0 Å². The fourth-order valence-electron chi connectivity index (χ4n) is 2.04. The summed E-state index contributed by atoms with van der Waals surface area (Å²) in [6.07, 6.45) is 8.64. The van der Waals surface area contributed by atoms with E-state index >= 15 is 0 Å². The van der Waals surface area contributed by atoms with Crippen molar-refractivity contribution < 1.29 is 4.79 Å². The van der Waals surface area contributed by atoms with Crippen molar-refractivity contribution in [2.45, 2.75) is 32.2 Å². The van der Waals surface area contributed by atoms with E-state index in [1.54, 1.807) is 18.5 Å². The molecule has 0 atom stereocenters. The van der Waals surface area contributed by atoms with Crippen LogP contribution in [0.2, 0.25) is 0 Å². The Morgan fingerprint density at radius 1 is 1.53 bits per heavy atom. The summed E-state index contributed by atoms with van der Waals surface area (Å²) in [5.74, 6) is 0.975. The maximum atomic E-state index is 12.1. The lowest BCUT2D eigenvalue weighted by Gasteiger charge is -2.29. The normalized spacial score (nSPS) is 16.2. The first-order chi connectivity index (χ1) is 8.09. The topological polar surface area (TPSA) is 38.1 Å². The number of carbonyl (C=O) groups excluding carboxylic acids is 1. The van der Waals surface area contributed by atoms with Crippen LogP contribution in [0.1, 0.15) is 41.6 Å². The molecule has 1 aliphatic carbocycles. The lowest BCUT2D eigenvalue weighted by atomic mass is 9.92. The van der Waals surface area contributed by atoms with Crippen molar-refractivity contribution in [1.29, 1.82) is 0 Å². The monoisotopic (exact) mass is 233 g/mol. The molecular weight excluding hydrogens is 214 g/mol. The molecule has 1 aliphatic rings. The Morgan fingerprint density at radius 2 is 2.24 bits per heavy atom. The van der Waals surface area contributed by atoms with Crippen molar-refractivity contribution in [1.82, 2.24) is 14.5 Å². The van der Waals surface area contributed by atoms with E-state index in [1.807, 2.05) is 25.9 Å². The predicted molar refractivity (Wildman–Crippen MR) is 67.0 cm³/mol. The van der Waals surface area contributed by atoms with Gasteiger partial charge in [0, 0.05) is 32.4 Å². The number of carbonyl (C=O) groups is 1. The number of aryl methyl sites for hydroxylation is 1. The first-order valence-electron chi connectivity index (χ1n) is 6.02. The molecule has 0 bridgehead atoms. The van der Waals surface area contributed by atoms with Crippen molar-refractivity contribution in [2.75, 3.05) is 14.1 Å². The average molecular weight is 233 g/mol. The van der Waals surface area contributed by atoms with Crippen molar-refractivity contribution in [3.8, 4) is 0 Å². The van der Waals surface area contributed by atoms with Crippen molar-refractivity contribution in [2.24, 2.45) is 0 Å². The third-order valence-corrected chi connectivity index (χ3v) is 3.20. The molecule has 0 spiro atoms. The number of hydrogen-bond acceptors (Lipinski definition) is 3. The zero-order chi connectivity index (χ0) is 12.4. The van der Waals surface area contributed by atoms with Gasteiger partial charge in [0.05, 0.1) is 6.20 Å². The summed E-state index contributed by atoms with van der Waals surface area (Å²) in [4.78, 5) is 18.2. The molecule has 0 aliphatic heterocycles. The van der Waals surface area contributed by atoms with Crippen LogP contribution in [-0.2, 0) is 0 Å². The van der Waals surface area contributed by atoms with Gasteiger partial charge in [-0.2, -0.15) is 0 Å². The van der Waals surface area contributed by atoms with Crippen LogP contribution in [0, 0.1) is 6.92 Å². The van der Waals surface area contributed by atoms with E-state index in [-0.39, 0.29) is 5.78 Å². The highest BCUT2D eigenvalue weighted by atomic mass is 16.1. The van der Waals surface area contributed by atoms with Crippen molar-refractivity contribution in [3.05, 3.63) is 30.0 Å². The zero-order valence-corrected chi connectivity index (χ0v) is 10.7. The molecule has 4 heteroatoms. The summed E-state index contributed by atoms with van der Waals surface area (Å²) >= 11 is 0. The summed E-state index contributed by atoms with van der Waals surface area (Å²) in [5.41, 5.74) is 0.713. The van der Waals surface area contributed by atoms with E-state index < -0.39 is 0 Å². The van der Waals surface area contributed by atoms with E-state index in [2.05, 4.69) is 9.55 Å². The SMILES string of the molecule is Cc1ncc(C(=O)C=CN(C)C)n1C1CCC1. The Bertz CT molecular complexity index is 442. The summed E-state index contributed by atoms with van der Waals surface area (Å²) in [7, 11) is 3.80. The summed E-state index contributed by atoms with van der Waals surface area (Å²) in [5, 5.41) is 0. The minimum Gasteiger partial charge on any atom is -0.383 e. The summed E-state index contributed by atoms with van der Waals surface area (Å²) in [6.45, 7) is 1.96. The average Bonchev–Trinajstić information content (AvgIpc) is 2.55. The van der Waals surface area contributed by atoms with Crippen LogP contribution in [0.5, 0.6) is 0 Å². The van der Waals surface area contributed by atoms with E-state index in [1.165, 1.54) is 6.42 Å². The number of nitrogens with zero attached hydrogens (tertiary/aromatic N) is 3. The second-order valence-electron chi connectivity index (χ2n) is 4.79. The standard InChI is InChI=1S/C13H19N3O/c1-10-14-9-12(13(17)7-8-15(2)3)16(10)11-5-4-6-11/h7-9,11H,4-6H2,1-3H3. The van der Waals surface area contributed by atoms with E-state index in [4.69, 9.17) is 0 Å². The molecule has 1 aromatic rings. The minimum atomic E-state index is 0.0335. The van der Waals surface area contributed by atoms with Crippen LogP contribution in [-0.4, -0.2) is 34.3 Å². The fraction of sp³-hybridized carbons (Fsp3) is 0.538. The lowest BCUT2D eigenvalue weighted by molar-refractivity contribution is 0.103. The van der Waals surface area contributed by atoms with Gasteiger partial charge in [-0.1, -0.05) is 0 Å². The van der Waals surface area contributed by atoms with Gasteiger partial charge in [0.25, 0.3) is 0 Å². The summed E-state index contributed by atoms with van der Waals surface area (Å²) < 4.78 is 2.09. The number of allylic oxidation sites excluding steroid dienone is 1. The molecule has 92 valence electrons. The molecule has 0 N–H and O–H groups in total. The highest BCUT2D eigenvalue weighted by molar-refractivity contribution is 6.03. The first-order valence-corrected chi connectivity index (χ1v) is 6.02. The van der Waals surface area contributed by atoms with Crippen LogP contribution < -0.4 is 0 Å². The molecule has 2 rings (SSSR count). The number of rotatable bonds is 4. The maximum Gasteiger partial charge on any atom is 0.205 e. The molecule has 1 aromatic heterocycles. The molecule has 1 heterocycles. The van der Waals surface area contributed by atoms with Gasteiger partial charge in [-0.25, -0.2) is 4.98 Å². The Hall–Kier alpha value is -1.58. The van der Waals surface area contributed by atoms with Crippen LogP contribution >= 0.6 is 0 Å². The number of ketones is 1. The Labute approximate surface area is 102 Å². The van der Waals surface area contributed by atoms with Gasteiger partial charge in [-0.3, -0.25) is 4.79 Å². The molecular formula is C13H19N3O. The Morgan fingerprint density at radius 3 is 2.76 bits per heavy atom. The van der Waals surface area contributed by atoms with Gasteiger partial charge >= 0.3 is 0 Å². The van der Waals surface area contributed by atoms with Gasteiger partial charge in [0.1, 0.15) is 11.5 Å². The van der Waals surface area contributed by atoms with E-state index in [0.29, 0.717) is 11.7 Å². The largest absolute Gasteiger partial charge is 0.383 e. The van der Waals surface area contributed by atoms with Crippen LogP contribution in [0.4, 0.5) is 0 Å². The predicted octanol–water partition coefficient (Wildman–Crippen LogP) is 2.17. The number of imidazole rings is 1. The quantitative estimate of drug-likeness (QED) is 0.591. The minimum absolute atomic E-state index is 0.0335. The number of aromatic nitrogens is 2. The van der Waals surface area contributed by atoms with Crippen molar-refractivity contribution >= 4 is 5.78 Å². The van der Waals surface area contributed by atoms with Crippen molar-refractivity contribution in [3.63, 3.8) is 0 Å². The van der Waals surface area contributed by atoms with E-state index in [9.17, 15) is 4.79 Å². The first kappa shape index (κ1) is 11.9. The van der Waals surface area contributed by atoms with Gasteiger partial charge in [-0.05, 0) is 26.2 Å². The third-order valence-electron chi connectivity index (χ3n) is 3.20. The molecule has 1 fully saturated rings. The third kappa shape index (κ3) is 2.40. The number of hydrogen-bond donors (Lipinski definition) is 0. The highest BCUT2D eigenvalue weighted by Crippen LogP contribution is 2.33. The van der Waals surface area contributed by atoms with Crippen LogP contribution in [0.25, 0.3) is 0 Å². The molecule has 0 unspecified atom stereocenters. The summed E-state index contributed by atoms with van der Waals surface area (Å²) in [6, 6.07) is 0.476. The van der Waals surface area contributed by atoms with Crippen LogP contribution in [0.3, 0.4) is 0 Å². The molecule has 17 heavy (non-hydrogen) atoms. The molecule has 0 aromatic carbocycles. The maximum absolute atomic E-state index is 12.1. The molecule has 0 radical (unpaired) electrons. The molecule has 0 amide bonds. The van der Waals surface area contributed by atoms with Gasteiger partial charge in [-0.15, -0.1) is 0 Å². The van der Waals surface area contributed by atoms with E-state index in [0.717, 1.165) is 18.7 Å². The second kappa shape index (κ2) is 4.73. The fourth-order valence-corrected chi connectivity index (χ4v) is 2.04.